The number of nitrogens with zero attached hydrogens (tertiary/aromatic N) is 3. The molecule has 118 valence electrons. The molecule has 0 amide bonds. The standard InChI is InChI=1S/C17H30N4/c1-4-5-15-6-8-21(9-7-15)17-13-19-12-16(20-17)11-18-10-14(2)3/h12-15,18H,4-11H2,1-3H3. The molecule has 0 bridgehead atoms. The zero-order valence-corrected chi connectivity index (χ0v) is 13.8. The lowest BCUT2D eigenvalue weighted by molar-refractivity contribution is 0.377. The molecule has 4 heteroatoms. The van der Waals surface area contributed by atoms with Gasteiger partial charge in [-0.3, -0.25) is 4.98 Å². The predicted molar refractivity (Wildman–Crippen MR) is 88.4 cm³/mol. The summed E-state index contributed by atoms with van der Waals surface area (Å²) in [5, 5.41) is 3.43. The third kappa shape index (κ3) is 5.27. The minimum atomic E-state index is 0.665. The van der Waals surface area contributed by atoms with Crippen LogP contribution in [0.15, 0.2) is 12.4 Å². The zero-order chi connectivity index (χ0) is 15.1. The quantitative estimate of drug-likeness (QED) is 0.837. The Morgan fingerprint density at radius 1 is 1.29 bits per heavy atom. The molecule has 4 nitrogen and oxygen atoms in total. The maximum Gasteiger partial charge on any atom is 0.147 e. The van der Waals surface area contributed by atoms with Crippen LogP contribution in [0.2, 0.25) is 0 Å². The molecule has 0 spiro atoms. The van der Waals surface area contributed by atoms with Gasteiger partial charge in [0, 0.05) is 25.8 Å². The number of nitrogens with one attached hydrogen (secondary N) is 1. The highest BCUT2D eigenvalue weighted by Crippen LogP contribution is 2.24. The summed E-state index contributed by atoms with van der Waals surface area (Å²) in [6.07, 6.45) is 9.06. The van der Waals surface area contributed by atoms with Crippen molar-refractivity contribution in [1.29, 1.82) is 0 Å². The second kappa shape index (κ2) is 8.32. The van der Waals surface area contributed by atoms with Gasteiger partial charge in [0.15, 0.2) is 0 Å². The molecule has 2 heterocycles. The summed E-state index contributed by atoms with van der Waals surface area (Å²) in [7, 11) is 0. The number of piperidine rings is 1. The lowest BCUT2D eigenvalue weighted by atomic mass is 9.92. The van der Waals surface area contributed by atoms with Crippen LogP contribution in [0.4, 0.5) is 5.82 Å². The van der Waals surface area contributed by atoms with E-state index in [0.29, 0.717) is 5.92 Å². The number of rotatable bonds is 7. The molecule has 0 unspecified atom stereocenters. The van der Waals surface area contributed by atoms with Gasteiger partial charge < -0.3 is 10.2 Å². The fourth-order valence-electron chi connectivity index (χ4n) is 2.98. The van der Waals surface area contributed by atoms with Gasteiger partial charge in [0.25, 0.3) is 0 Å². The summed E-state index contributed by atoms with van der Waals surface area (Å²) in [6.45, 7) is 10.8. The Bertz CT molecular complexity index is 411. The van der Waals surface area contributed by atoms with Gasteiger partial charge in [-0.2, -0.15) is 0 Å². The third-order valence-electron chi connectivity index (χ3n) is 4.17. The Labute approximate surface area is 129 Å². The van der Waals surface area contributed by atoms with E-state index in [1.807, 2.05) is 12.4 Å². The van der Waals surface area contributed by atoms with E-state index in [-0.39, 0.29) is 0 Å². The van der Waals surface area contributed by atoms with E-state index in [2.05, 4.69) is 36.0 Å². The van der Waals surface area contributed by atoms with E-state index in [0.717, 1.165) is 43.6 Å². The van der Waals surface area contributed by atoms with Gasteiger partial charge in [-0.15, -0.1) is 0 Å². The molecule has 1 fully saturated rings. The number of hydrogen-bond donors (Lipinski definition) is 1. The topological polar surface area (TPSA) is 41.1 Å². The SMILES string of the molecule is CCCC1CCN(c2cncc(CNCC(C)C)n2)CC1. The van der Waals surface area contributed by atoms with Gasteiger partial charge in [-0.05, 0) is 31.2 Å². The lowest BCUT2D eigenvalue weighted by Gasteiger charge is -2.32. The summed E-state index contributed by atoms with van der Waals surface area (Å²) in [6, 6.07) is 0. The van der Waals surface area contributed by atoms with Crippen molar-refractivity contribution in [3.63, 3.8) is 0 Å². The second-order valence-electron chi connectivity index (χ2n) is 6.61. The lowest BCUT2D eigenvalue weighted by Crippen LogP contribution is -2.34. The van der Waals surface area contributed by atoms with Crippen LogP contribution in [-0.2, 0) is 6.54 Å². The average Bonchev–Trinajstić information content (AvgIpc) is 2.48. The number of hydrogen-bond acceptors (Lipinski definition) is 4. The number of aromatic nitrogens is 2. The highest BCUT2D eigenvalue weighted by atomic mass is 15.2. The Morgan fingerprint density at radius 3 is 2.71 bits per heavy atom. The molecular weight excluding hydrogens is 260 g/mol. The van der Waals surface area contributed by atoms with Crippen LogP contribution in [0.25, 0.3) is 0 Å². The van der Waals surface area contributed by atoms with Crippen molar-refractivity contribution in [2.24, 2.45) is 11.8 Å². The van der Waals surface area contributed by atoms with Crippen molar-refractivity contribution in [3.05, 3.63) is 18.1 Å². The van der Waals surface area contributed by atoms with Crippen LogP contribution in [0, 0.1) is 11.8 Å². The van der Waals surface area contributed by atoms with Gasteiger partial charge in [0.2, 0.25) is 0 Å². The first-order valence-electron chi connectivity index (χ1n) is 8.45. The third-order valence-corrected chi connectivity index (χ3v) is 4.17. The Morgan fingerprint density at radius 2 is 2.05 bits per heavy atom. The summed E-state index contributed by atoms with van der Waals surface area (Å²) in [4.78, 5) is 11.5. The molecule has 1 aromatic rings. The van der Waals surface area contributed by atoms with E-state index in [1.165, 1.54) is 25.7 Å². The minimum Gasteiger partial charge on any atom is -0.355 e. The van der Waals surface area contributed by atoms with E-state index in [4.69, 9.17) is 4.98 Å². The molecule has 0 saturated carbocycles. The molecule has 0 radical (unpaired) electrons. The molecule has 1 N–H and O–H groups in total. The molecule has 1 aromatic heterocycles. The highest BCUT2D eigenvalue weighted by Gasteiger charge is 2.19. The molecule has 1 aliphatic rings. The van der Waals surface area contributed by atoms with Gasteiger partial charge in [-0.1, -0.05) is 33.6 Å². The largest absolute Gasteiger partial charge is 0.355 e. The van der Waals surface area contributed by atoms with Crippen molar-refractivity contribution in [3.8, 4) is 0 Å². The summed E-state index contributed by atoms with van der Waals surface area (Å²) in [5.41, 5.74) is 1.05. The maximum atomic E-state index is 4.77. The molecule has 0 aliphatic carbocycles. The highest BCUT2D eigenvalue weighted by molar-refractivity contribution is 5.36. The van der Waals surface area contributed by atoms with Crippen LogP contribution < -0.4 is 10.2 Å². The molecule has 0 aromatic carbocycles. The molecule has 21 heavy (non-hydrogen) atoms. The minimum absolute atomic E-state index is 0.665. The van der Waals surface area contributed by atoms with E-state index in [9.17, 15) is 0 Å². The molecule has 1 aliphatic heterocycles. The fraction of sp³-hybridized carbons (Fsp3) is 0.765. The van der Waals surface area contributed by atoms with Crippen LogP contribution in [0.3, 0.4) is 0 Å². The summed E-state index contributed by atoms with van der Waals surface area (Å²) >= 11 is 0. The van der Waals surface area contributed by atoms with E-state index in [1.54, 1.807) is 0 Å². The normalized spacial score (nSPS) is 16.7. The Balaban J connectivity index is 1.86. The zero-order valence-electron chi connectivity index (χ0n) is 13.8. The molecule has 1 saturated heterocycles. The van der Waals surface area contributed by atoms with Crippen molar-refractivity contribution >= 4 is 5.82 Å². The Kier molecular flexibility index (Phi) is 6.43. The first-order chi connectivity index (χ1) is 10.2. The fourth-order valence-corrected chi connectivity index (χ4v) is 2.98. The van der Waals surface area contributed by atoms with Crippen molar-refractivity contribution in [2.75, 3.05) is 24.5 Å². The van der Waals surface area contributed by atoms with E-state index < -0.39 is 0 Å². The Hall–Kier alpha value is -1.16. The van der Waals surface area contributed by atoms with Crippen molar-refractivity contribution < 1.29 is 0 Å². The van der Waals surface area contributed by atoms with Crippen LogP contribution in [0.5, 0.6) is 0 Å². The smallest absolute Gasteiger partial charge is 0.147 e. The van der Waals surface area contributed by atoms with Crippen molar-refractivity contribution in [1.82, 2.24) is 15.3 Å². The van der Waals surface area contributed by atoms with Crippen LogP contribution >= 0.6 is 0 Å². The van der Waals surface area contributed by atoms with Crippen molar-refractivity contribution in [2.45, 2.75) is 53.0 Å². The van der Waals surface area contributed by atoms with Gasteiger partial charge >= 0.3 is 0 Å². The van der Waals surface area contributed by atoms with Gasteiger partial charge in [-0.25, -0.2) is 4.98 Å². The monoisotopic (exact) mass is 290 g/mol. The average molecular weight is 290 g/mol. The molecular formula is C17H30N4. The first-order valence-corrected chi connectivity index (χ1v) is 8.45. The molecule has 2 rings (SSSR count). The maximum absolute atomic E-state index is 4.77. The first kappa shape index (κ1) is 16.2. The second-order valence-corrected chi connectivity index (χ2v) is 6.61. The van der Waals surface area contributed by atoms with Gasteiger partial charge in [0.1, 0.15) is 5.82 Å². The summed E-state index contributed by atoms with van der Waals surface area (Å²) in [5.74, 6) is 2.63. The predicted octanol–water partition coefficient (Wildman–Crippen LogP) is 3.24. The van der Waals surface area contributed by atoms with Crippen LogP contribution in [0.1, 0.15) is 52.1 Å². The van der Waals surface area contributed by atoms with Crippen LogP contribution in [-0.4, -0.2) is 29.6 Å². The van der Waals surface area contributed by atoms with E-state index >= 15 is 0 Å². The summed E-state index contributed by atoms with van der Waals surface area (Å²) < 4.78 is 0. The van der Waals surface area contributed by atoms with Gasteiger partial charge in [0.05, 0.1) is 11.9 Å². The number of anilines is 1. The molecule has 0 atom stereocenters.